The van der Waals surface area contributed by atoms with Crippen LogP contribution >= 0.6 is 0 Å². The van der Waals surface area contributed by atoms with Crippen LogP contribution in [0, 0.1) is 0 Å². The van der Waals surface area contributed by atoms with Crippen molar-refractivity contribution in [2.24, 2.45) is 0 Å². The van der Waals surface area contributed by atoms with Crippen LogP contribution in [-0.2, 0) is 11.3 Å². The van der Waals surface area contributed by atoms with Crippen LogP contribution < -0.4 is 10.1 Å². The predicted molar refractivity (Wildman–Crippen MR) is 113 cm³/mol. The lowest BCUT2D eigenvalue weighted by atomic mass is 10.0. The molecule has 8 heteroatoms. The Balaban J connectivity index is 1.48. The maximum absolute atomic E-state index is 13.2. The molecule has 0 aliphatic carbocycles. The molecule has 2 amide bonds. The van der Waals surface area contributed by atoms with Crippen LogP contribution in [0.3, 0.4) is 0 Å². The smallest absolute Gasteiger partial charge is 0.276 e. The average molecular weight is 420 g/mol. The van der Waals surface area contributed by atoms with Crippen LogP contribution in [0.1, 0.15) is 35.3 Å². The summed E-state index contributed by atoms with van der Waals surface area (Å²) < 4.78 is 10.8. The van der Waals surface area contributed by atoms with E-state index in [2.05, 4.69) is 15.5 Å². The number of piperidine rings is 1. The van der Waals surface area contributed by atoms with E-state index in [1.807, 2.05) is 36.4 Å². The molecule has 1 atom stereocenters. The van der Waals surface area contributed by atoms with E-state index < -0.39 is 6.04 Å². The molecule has 1 unspecified atom stereocenters. The Morgan fingerprint density at radius 1 is 1.23 bits per heavy atom. The summed E-state index contributed by atoms with van der Waals surface area (Å²) >= 11 is 0. The zero-order chi connectivity index (χ0) is 21.6. The summed E-state index contributed by atoms with van der Waals surface area (Å²) in [5, 5.41) is 6.89. The van der Waals surface area contributed by atoms with Crippen molar-refractivity contribution >= 4 is 11.8 Å². The van der Waals surface area contributed by atoms with Gasteiger partial charge in [0.15, 0.2) is 11.5 Å². The lowest BCUT2D eigenvalue weighted by Gasteiger charge is -2.34. The fraction of sp³-hybridized carbons (Fsp3) is 0.304. The van der Waals surface area contributed by atoms with Gasteiger partial charge in [-0.3, -0.25) is 14.6 Å². The lowest BCUT2D eigenvalue weighted by molar-refractivity contribution is -0.126. The van der Waals surface area contributed by atoms with E-state index >= 15 is 0 Å². The Morgan fingerprint density at radius 2 is 2.10 bits per heavy atom. The summed E-state index contributed by atoms with van der Waals surface area (Å²) in [5.74, 6) is 0.579. The SMILES string of the molecule is COc1ccccc1-c1cc(C(=O)N2CCCCC2C(=O)NCc2cccnc2)no1. The molecule has 0 saturated carbocycles. The maximum atomic E-state index is 13.2. The van der Waals surface area contributed by atoms with E-state index in [-0.39, 0.29) is 17.5 Å². The van der Waals surface area contributed by atoms with Gasteiger partial charge in [-0.2, -0.15) is 0 Å². The van der Waals surface area contributed by atoms with Crippen LogP contribution in [0.4, 0.5) is 0 Å². The molecule has 1 saturated heterocycles. The summed E-state index contributed by atoms with van der Waals surface area (Å²) in [7, 11) is 1.57. The number of likely N-dealkylation sites (tertiary alicyclic amines) is 1. The molecule has 1 fully saturated rings. The van der Waals surface area contributed by atoms with E-state index in [1.165, 1.54) is 0 Å². The van der Waals surface area contributed by atoms with Crippen molar-refractivity contribution in [2.45, 2.75) is 31.8 Å². The van der Waals surface area contributed by atoms with Gasteiger partial charge < -0.3 is 19.5 Å². The first-order chi connectivity index (χ1) is 15.2. The van der Waals surface area contributed by atoms with Gasteiger partial charge in [0, 0.05) is 31.5 Å². The fourth-order valence-corrected chi connectivity index (χ4v) is 3.76. The lowest BCUT2D eigenvalue weighted by Crippen LogP contribution is -2.51. The third-order valence-electron chi connectivity index (χ3n) is 5.36. The number of hydrogen-bond acceptors (Lipinski definition) is 6. The number of pyridine rings is 1. The highest BCUT2D eigenvalue weighted by atomic mass is 16.5. The van der Waals surface area contributed by atoms with E-state index in [0.717, 1.165) is 18.4 Å². The number of ether oxygens (including phenoxy) is 1. The number of rotatable bonds is 6. The number of methoxy groups -OCH3 is 1. The summed E-state index contributed by atoms with van der Waals surface area (Å²) in [6.45, 7) is 0.869. The molecular weight excluding hydrogens is 396 g/mol. The highest BCUT2D eigenvalue weighted by Crippen LogP contribution is 2.30. The zero-order valence-electron chi connectivity index (χ0n) is 17.3. The molecule has 3 aromatic rings. The van der Waals surface area contributed by atoms with Crippen LogP contribution in [0.25, 0.3) is 11.3 Å². The van der Waals surface area contributed by atoms with E-state index in [0.29, 0.717) is 36.6 Å². The molecule has 8 nitrogen and oxygen atoms in total. The number of aromatic nitrogens is 2. The zero-order valence-corrected chi connectivity index (χ0v) is 17.3. The van der Waals surface area contributed by atoms with Crippen LogP contribution in [0.2, 0.25) is 0 Å². The van der Waals surface area contributed by atoms with E-state index in [9.17, 15) is 9.59 Å². The minimum atomic E-state index is -0.538. The van der Waals surface area contributed by atoms with Crippen molar-refractivity contribution < 1.29 is 18.8 Å². The number of para-hydroxylation sites is 1. The summed E-state index contributed by atoms with van der Waals surface area (Å²) in [4.78, 5) is 31.7. The van der Waals surface area contributed by atoms with Gasteiger partial charge in [0.05, 0.1) is 12.7 Å². The molecule has 0 bridgehead atoms. The predicted octanol–water partition coefficient (Wildman–Crippen LogP) is 3.06. The first-order valence-electron chi connectivity index (χ1n) is 10.2. The number of amides is 2. The van der Waals surface area contributed by atoms with E-state index in [4.69, 9.17) is 9.26 Å². The van der Waals surface area contributed by atoms with Crippen molar-refractivity contribution in [2.75, 3.05) is 13.7 Å². The highest BCUT2D eigenvalue weighted by Gasteiger charge is 2.34. The monoisotopic (exact) mass is 420 g/mol. The molecule has 1 aromatic carbocycles. The molecule has 160 valence electrons. The van der Waals surface area contributed by atoms with Gasteiger partial charge in [0.25, 0.3) is 5.91 Å². The molecule has 31 heavy (non-hydrogen) atoms. The van der Waals surface area contributed by atoms with Crippen LogP contribution in [0.15, 0.2) is 59.4 Å². The van der Waals surface area contributed by atoms with Crippen LogP contribution in [0.5, 0.6) is 5.75 Å². The van der Waals surface area contributed by atoms with Gasteiger partial charge in [-0.15, -0.1) is 0 Å². The second kappa shape index (κ2) is 9.42. The molecule has 1 N–H and O–H groups in total. The van der Waals surface area contributed by atoms with Crippen LogP contribution in [-0.4, -0.2) is 46.6 Å². The normalized spacial score (nSPS) is 16.0. The number of nitrogens with zero attached hydrogens (tertiary/aromatic N) is 3. The van der Waals surface area contributed by atoms with E-state index in [1.54, 1.807) is 30.5 Å². The second-order valence-corrected chi connectivity index (χ2v) is 7.37. The number of carbonyl (C=O) groups excluding carboxylic acids is 2. The Morgan fingerprint density at radius 3 is 2.90 bits per heavy atom. The van der Waals surface area contributed by atoms with Gasteiger partial charge >= 0.3 is 0 Å². The third-order valence-corrected chi connectivity index (χ3v) is 5.36. The van der Waals surface area contributed by atoms with Crippen molar-refractivity contribution in [1.29, 1.82) is 0 Å². The Bertz CT molecular complexity index is 1050. The highest BCUT2D eigenvalue weighted by molar-refractivity contribution is 5.97. The van der Waals surface area contributed by atoms with Crippen molar-refractivity contribution in [3.63, 3.8) is 0 Å². The van der Waals surface area contributed by atoms with Crippen molar-refractivity contribution in [1.82, 2.24) is 20.4 Å². The molecule has 0 spiro atoms. The van der Waals surface area contributed by atoms with Crippen molar-refractivity contribution in [3.8, 4) is 17.1 Å². The molecule has 3 heterocycles. The number of benzene rings is 1. The van der Waals surface area contributed by atoms with Gasteiger partial charge in [-0.25, -0.2) is 0 Å². The molecule has 1 aliphatic heterocycles. The molecule has 2 aromatic heterocycles. The van der Waals surface area contributed by atoms with Crippen molar-refractivity contribution in [3.05, 3.63) is 66.1 Å². The minimum absolute atomic E-state index is 0.174. The average Bonchev–Trinajstić information content (AvgIpc) is 3.33. The largest absolute Gasteiger partial charge is 0.496 e. The van der Waals surface area contributed by atoms with Gasteiger partial charge in [-0.05, 0) is 43.0 Å². The number of carbonyl (C=O) groups is 2. The minimum Gasteiger partial charge on any atom is -0.496 e. The standard InChI is InChI=1S/C23H24N4O4/c1-30-20-10-3-2-8-17(20)21-13-18(26-31-21)23(29)27-12-5-4-9-19(27)22(28)25-15-16-7-6-11-24-14-16/h2-3,6-8,10-11,13-14,19H,4-5,9,12,15H2,1H3,(H,25,28). The Hall–Kier alpha value is -3.68. The third kappa shape index (κ3) is 4.58. The summed E-state index contributed by atoms with van der Waals surface area (Å²) in [6, 6.07) is 12.1. The number of hydrogen-bond donors (Lipinski definition) is 1. The quantitative estimate of drug-likeness (QED) is 0.658. The first-order valence-corrected chi connectivity index (χ1v) is 10.2. The summed E-state index contributed by atoms with van der Waals surface area (Å²) in [6.07, 6.45) is 5.74. The molecule has 1 aliphatic rings. The first kappa shape index (κ1) is 20.6. The molecular formula is C23H24N4O4. The molecule has 4 rings (SSSR count). The Labute approximate surface area is 180 Å². The maximum Gasteiger partial charge on any atom is 0.276 e. The second-order valence-electron chi connectivity index (χ2n) is 7.37. The van der Waals surface area contributed by atoms with Gasteiger partial charge in [0.2, 0.25) is 5.91 Å². The Kier molecular flexibility index (Phi) is 6.26. The fourth-order valence-electron chi connectivity index (χ4n) is 3.76. The van der Waals surface area contributed by atoms with Gasteiger partial charge in [0.1, 0.15) is 11.8 Å². The molecule has 0 radical (unpaired) electrons. The topological polar surface area (TPSA) is 97.6 Å². The van der Waals surface area contributed by atoms with Gasteiger partial charge in [-0.1, -0.05) is 23.4 Å². The summed E-state index contributed by atoms with van der Waals surface area (Å²) in [5.41, 5.74) is 1.79. The number of nitrogens with one attached hydrogen (secondary N) is 1.